The summed E-state index contributed by atoms with van der Waals surface area (Å²) < 4.78 is 0. The first-order valence-electron chi connectivity index (χ1n) is 7.07. The summed E-state index contributed by atoms with van der Waals surface area (Å²) >= 11 is 1.88. The van der Waals surface area contributed by atoms with Gasteiger partial charge in [-0.3, -0.25) is 4.99 Å². The second-order valence-corrected chi connectivity index (χ2v) is 6.46. The number of nitrogens with zero attached hydrogens (tertiary/aromatic N) is 1. The summed E-state index contributed by atoms with van der Waals surface area (Å²) in [5.41, 5.74) is 0. The maximum atomic E-state index is 4.07. The number of hydrogen-bond donors (Lipinski definition) is 1. The summed E-state index contributed by atoms with van der Waals surface area (Å²) in [4.78, 5) is 3.93. The standard InChI is InChI=1S/C15H30N2S/c1-7-9-13(4)15(10-12(3)8-2)18-14(5)17-11-16-6/h11-13,15H,5,7-10H2,1-4,6H3,(H,16,17). The van der Waals surface area contributed by atoms with Gasteiger partial charge in [0.25, 0.3) is 0 Å². The molecule has 0 amide bonds. The molecule has 0 aliphatic heterocycles. The molecule has 0 rings (SSSR count). The van der Waals surface area contributed by atoms with Crippen LogP contribution in [0.1, 0.15) is 53.4 Å². The van der Waals surface area contributed by atoms with Gasteiger partial charge in [0.1, 0.15) is 0 Å². The Kier molecular flexibility index (Phi) is 10.2. The van der Waals surface area contributed by atoms with E-state index in [1.165, 1.54) is 25.7 Å². The highest BCUT2D eigenvalue weighted by molar-refractivity contribution is 8.03. The fourth-order valence-corrected chi connectivity index (χ4v) is 3.23. The van der Waals surface area contributed by atoms with Gasteiger partial charge in [0.2, 0.25) is 0 Å². The van der Waals surface area contributed by atoms with Crippen molar-refractivity contribution in [3.63, 3.8) is 0 Å². The van der Waals surface area contributed by atoms with Crippen molar-refractivity contribution in [1.82, 2.24) is 5.32 Å². The SMILES string of the molecule is C=C(N/C=N\C)SC(CC(C)CC)C(C)CCC. The molecule has 3 heteroatoms. The summed E-state index contributed by atoms with van der Waals surface area (Å²) in [5.74, 6) is 1.53. The first kappa shape index (κ1) is 17.6. The lowest BCUT2D eigenvalue weighted by Gasteiger charge is -2.26. The van der Waals surface area contributed by atoms with Crippen molar-refractivity contribution in [1.29, 1.82) is 0 Å². The van der Waals surface area contributed by atoms with Gasteiger partial charge in [0.15, 0.2) is 0 Å². The third-order valence-corrected chi connectivity index (χ3v) is 4.72. The molecule has 18 heavy (non-hydrogen) atoms. The average molecular weight is 270 g/mol. The van der Waals surface area contributed by atoms with Crippen LogP contribution < -0.4 is 5.32 Å². The molecule has 3 atom stereocenters. The first-order valence-corrected chi connectivity index (χ1v) is 7.95. The molecule has 0 saturated heterocycles. The van der Waals surface area contributed by atoms with Crippen LogP contribution in [-0.2, 0) is 0 Å². The van der Waals surface area contributed by atoms with Crippen molar-refractivity contribution >= 4 is 18.1 Å². The maximum Gasteiger partial charge on any atom is 0.0868 e. The molecule has 0 aliphatic rings. The Labute approximate surface area is 118 Å². The smallest absolute Gasteiger partial charge is 0.0868 e. The van der Waals surface area contributed by atoms with Gasteiger partial charge in [-0.15, -0.1) is 11.8 Å². The van der Waals surface area contributed by atoms with Crippen molar-refractivity contribution in [3.8, 4) is 0 Å². The predicted octanol–water partition coefficient (Wildman–Crippen LogP) is 4.68. The number of aliphatic imine (C=N–C) groups is 1. The summed E-state index contributed by atoms with van der Waals surface area (Å²) in [5, 5.41) is 4.80. The van der Waals surface area contributed by atoms with Crippen molar-refractivity contribution in [2.45, 2.75) is 58.6 Å². The topological polar surface area (TPSA) is 24.4 Å². The van der Waals surface area contributed by atoms with Gasteiger partial charge in [-0.25, -0.2) is 0 Å². The largest absolute Gasteiger partial charge is 0.342 e. The molecule has 3 unspecified atom stereocenters. The molecule has 0 aromatic carbocycles. The van der Waals surface area contributed by atoms with E-state index < -0.39 is 0 Å². The van der Waals surface area contributed by atoms with E-state index >= 15 is 0 Å². The molecule has 1 N–H and O–H groups in total. The Balaban J connectivity index is 4.40. The van der Waals surface area contributed by atoms with Gasteiger partial charge < -0.3 is 5.32 Å². The maximum absolute atomic E-state index is 4.07. The van der Waals surface area contributed by atoms with Crippen LogP contribution in [-0.4, -0.2) is 18.6 Å². The van der Waals surface area contributed by atoms with Crippen LogP contribution in [0.15, 0.2) is 16.6 Å². The van der Waals surface area contributed by atoms with Crippen LogP contribution >= 0.6 is 11.8 Å². The minimum absolute atomic E-state index is 0.658. The minimum Gasteiger partial charge on any atom is -0.342 e. The molecule has 0 radical (unpaired) electrons. The highest BCUT2D eigenvalue weighted by Crippen LogP contribution is 2.32. The molecule has 0 bridgehead atoms. The Hall–Kier alpha value is -0.440. The molecule has 2 nitrogen and oxygen atoms in total. The number of thioether (sulfide) groups is 1. The fraction of sp³-hybridized carbons (Fsp3) is 0.800. The van der Waals surface area contributed by atoms with E-state index in [4.69, 9.17) is 0 Å². The van der Waals surface area contributed by atoms with Crippen LogP contribution in [0.3, 0.4) is 0 Å². The lowest BCUT2D eigenvalue weighted by Crippen LogP contribution is -2.20. The van der Waals surface area contributed by atoms with E-state index in [0.29, 0.717) is 5.25 Å². The average Bonchev–Trinajstić information content (AvgIpc) is 2.35. The van der Waals surface area contributed by atoms with Crippen molar-refractivity contribution < 1.29 is 0 Å². The van der Waals surface area contributed by atoms with E-state index in [-0.39, 0.29) is 0 Å². The minimum atomic E-state index is 0.658. The molecule has 0 fully saturated rings. The molecule has 0 aromatic rings. The van der Waals surface area contributed by atoms with Gasteiger partial charge in [0.05, 0.1) is 11.4 Å². The molecule has 0 aromatic heterocycles. The van der Waals surface area contributed by atoms with E-state index in [0.717, 1.165) is 16.9 Å². The zero-order chi connectivity index (χ0) is 14.0. The summed E-state index contributed by atoms with van der Waals surface area (Å²) in [6.45, 7) is 13.3. The van der Waals surface area contributed by atoms with Gasteiger partial charge in [-0.1, -0.05) is 47.1 Å². The summed E-state index contributed by atoms with van der Waals surface area (Å²) in [7, 11) is 1.77. The van der Waals surface area contributed by atoms with E-state index in [1.54, 1.807) is 13.4 Å². The molecular weight excluding hydrogens is 240 g/mol. The molecular formula is C15H30N2S. The predicted molar refractivity (Wildman–Crippen MR) is 86.2 cm³/mol. The van der Waals surface area contributed by atoms with E-state index in [9.17, 15) is 0 Å². The number of rotatable bonds is 10. The molecule has 0 heterocycles. The summed E-state index contributed by atoms with van der Waals surface area (Å²) in [6, 6.07) is 0. The van der Waals surface area contributed by atoms with Gasteiger partial charge in [-0.05, 0) is 24.7 Å². The van der Waals surface area contributed by atoms with Crippen molar-refractivity contribution in [3.05, 3.63) is 11.6 Å². The van der Waals surface area contributed by atoms with Gasteiger partial charge >= 0.3 is 0 Å². The Morgan fingerprint density at radius 3 is 2.56 bits per heavy atom. The monoisotopic (exact) mass is 270 g/mol. The van der Waals surface area contributed by atoms with Crippen LogP contribution in [0.25, 0.3) is 0 Å². The highest BCUT2D eigenvalue weighted by atomic mass is 32.2. The Bertz CT molecular complexity index is 251. The van der Waals surface area contributed by atoms with Crippen LogP contribution in [0.2, 0.25) is 0 Å². The fourth-order valence-electron chi connectivity index (χ4n) is 1.95. The third-order valence-electron chi connectivity index (χ3n) is 3.36. The quantitative estimate of drug-likeness (QED) is 0.460. The van der Waals surface area contributed by atoms with Crippen LogP contribution in [0.5, 0.6) is 0 Å². The Morgan fingerprint density at radius 1 is 1.39 bits per heavy atom. The third kappa shape index (κ3) is 7.80. The molecule has 106 valence electrons. The Morgan fingerprint density at radius 2 is 2.06 bits per heavy atom. The zero-order valence-corrected chi connectivity index (χ0v) is 13.5. The highest BCUT2D eigenvalue weighted by Gasteiger charge is 2.20. The number of nitrogens with one attached hydrogen (secondary N) is 1. The van der Waals surface area contributed by atoms with Crippen LogP contribution in [0, 0.1) is 11.8 Å². The molecule has 0 saturated carbocycles. The second-order valence-electron chi connectivity index (χ2n) is 5.13. The second kappa shape index (κ2) is 10.5. The van der Waals surface area contributed by atoms with Gasteiger partial charge in [0, 0.05) is 12.3 Å². The van der Waals surface area contributed by atoms with E-state index in [1.807, 2.05) is 11.8 Å². The molecule has 0 aliphatic carbocycles. The lowest BCUT2D eigenvalue weighted by molar-refractivity contribution is 0.416. The first-order chi connectivity index (χ1) is 8.54. The molecule has 0 spiro atoms. The van der Waals surface area contributed by atoms with Crippen molar-refractivity contribution in [2.24, 2.45) is 16.8 Å². The normalized spacial score (nSPS) is 16.5. The van der Waals surface area contributed by atoms with Crippen LogP contribution in [0.4, 0.5) is 0 Å². The zero-order valence-electron chi connectivity index (χ0n) is 12.7. The number of hydrogen-bond acceptors (Lipinski definition) is 2. The van der Waals surface area contributed by atoms with Gasteiger partial charge in [-0.2, -0.15) is 0 Å². The summed E-state index contributed by atoms with van der Waals surface area (Å²) in [6.07, 6.45) is 6.79. The van der Waals surface area contributed by atoms with Crippen molar-refractivity contribution in [2.75, 3.05) is 7.05 Å². The van der Waals surface area contributed by atoms with E-state index in [2.05, 4.69) is 44.6 Å². The lowest BCUT2D eigenvalue weighted by atomic mass is 9.93.